The normalized spacial score (nSPS) is 12.9. The molecule has 1 aromatic heterocycles. The number of thiocarbonyl (C=S) groups is 1. The fourth-order valence-electron chi connectivity index (χ4n) is 4.33. The van der Waals surface area contributed by atoms with Crippen LogP contribution in [0.5, 0.6) is 0 Å². The number of benzene rings is 3. The molecule has 0 amide bonds. The van der Waals surface area contributed by atoms with Crippen molar-refractivity contribution >= 4 is 33.9 Å². The zero-order chi connectivity index (χ0) is 27.4. The van der Waals surface area contributed by atoms with Gasteiger partial charge in [0.15, 0.2) is 10.9 Å². The third-order valence-electron chi connectivity index (χ3n) is 6.20. The van der Waals surface area contributed by atoms with Crippen molar-refractivity contribution in [2.75, 3.05) is 18.7 Å². The molecule has 200 valence electrons. The van der Waals surface area contributed by atoms with Crippen molar-refractivity contribution < 1.29 is 22.6 Å². The molecule has 0 fully saturated rings. The number of rotatable bonds is 7. The van der Waals surface area contributed by atoms with Crippen LogP contribution in [0.15, 0.2) is 95.7 Å². The molecule has 3 aromatic carbocycles. The van der Waals surface area contributed by atoms with Gasteiger partial charge in [-0.05, 0) is 59.6 Å². The first kappa shape index (κ1) is 26.3. The summed E-state index contributed by atoms with van der Waals surface area (Å²) in [5.41, 5.74) is 1.88. The Morgan fingerprint density at radius 1 is 0.949 bits per heavy atom. The van der Waals surface area contributed by atoms with Gasteiger partial charge in [0, 0.05) is 29.2 Å². The number of pyridine rings is 1. The number of fused-ring (bicyclic) bond motifs is 1. The Bertz CT molecular complexity index is 1570. The molecule has 1 aliphatic rings. The summed E-state index contributed by atoms with van der Waals surface area (Å²) in [6.07, 6.45) is -2.63. The smallest absolute Gasteiger partial charge is 0.417 e. The molecule has 6 nitrogen and oxygen atoms in total. The minimum Gasteiger partial charge on any atom is -0.462 e. The van der Waals surface area contributed by atoms with Crippen molar-refractivity contribution in [2.45, 2.75) is 19.1 Å². The van der Waals surface area contributed by atoms with E-state index in [9.17, 15) is 18.0 Å². The summed E-state index contributed by atoms with van der Waals surface area (Å²) >= 11 is 5.70. The molecule has 10 heteroatoms. The van der Waals surface area contributed by atoms with Crippen LogP contribution in [0.4, 0.5) is 18.9 Å². The highest BCUT2D eigenvalue weighted by molar-refractivity contribution is 7.80. The number of aromatic amines is 1. The van der Waals surface area contributed by atoms with E-state index < -0.39 is 17.3 Å². The molecule has 0 radical (unpaired) electrons. The maximum absolute atomic E-state index is 13.5. The summed E-state index contributed by atoms with van der Waals surface area (Å²) in [7, 11) is 0. The first-order valence-electron chi connectivity index (χ1n) is 12.1. The summed E-state index contributed by atoms with van der Waals surface area (Å²) in [4.78, 5) is 16.1. The van der Waals surface area contributed by atoms with E-state index in [4.69, 9.17) is 21.7 Å². The predicted octanol–water partition coefficient (Wildman–Crippen LogP) is 6.18. The Morgan fingerprint density at radius 3 is 2.38 bits per heavy atom. The van der Waals surface area contributed by atoms with Crippen molar-refractivity contribution in [1.82, 2.24) is 9.88 Å². The standard InChI is InChI=1S/C29H24F3N3O3S/c30-29(31,32)25-14-27(36)34-26-11-8-21(13-24(25)26)12-19-6-9-22(10-7-19)33-28(39)35(16-23-17-37-18-38-23)15-20-4-2-1-3-5-20/h1-11,13-14,17H,12,15-16,18H2,(H,33,39)(H,34,36). The first-order valence-corrected chi connectivity index (χ1v) is 12.5. The molecule has 0 unspecified atom stereocenters. The molecule has 0 saturated heterocycles. The molecule has 4 aromatic rings. The summed E-state index contributed by atoms with van der Waals surface area (Å²) in [5.74, 6) is 0.679. The van der Waals surface area contributed by atoms with E-state index in [1.165, 1.54) is 12.1 Å². The van der Waals surface area contributed by atoms with Crippen molar-refractivity contribution in [3.8, 4) is 0 Å². The van der Waals surface area contributed by atoms with E-state index in [2.05, 4.69) is 10.3 Å². The third kappa shape index (κ3) is 6.58. The third-order valence-corrected chi connectivity index (χ3v) is 6.56. The van der Waals surface area contributed by atoms with Gasteiger partial charge in [-0.1, -0.05) is 48.5 Å². The highest BCUT2D eigenvalue weighted by atomic mass is 32.1. The number of nitrogens with one attached hydrogen (secondary N) is 2. The summed E-state index contributed by atoms with van der Waals surface area (Å²) in [5, 5.41) is 3.73. The first-order chi connectivity index (χ1) is 18.7. The molecule has 5 rings (SSSR count). The second-order valence-corrected chi connectivity index (χ2v) is 9.47. The number of nitrogens with zero attached hydrogens (tertiary/aromatic N) is 1. The van der Waals surface area contributed by atoms with Crippen LogP contribution >= 0.6 is 12.2 Å². The molecule has 0 saturated carbocycles. The van der Waals surface area contributed by atoms with Crippen LogP contribution in [-0.2, 0) is 28.6 Å². The van der Waals surface area contributed by atoms with Crippen LogP contribution in [0.1, 0.15) is 22.3 Å². The van der Waals surface area contributed by atoms with Gasteiger partial charge >= 0.3 is 6.18 Å². The van der Waals surface area contributed by atoms with Crippen molar-refractivity contribution in [2.24, 2.45) is 0 Å². The van der Waals surface area contributed by atoms with E-state index in [1.54, 1.807) is 12.3 Å². The molecule has 2 N–H and O–H groups in total. The fraction of sp³-hybridized carbons (Fsp3) is 0.172. The number of alkyl halides is 3. The van der Waals surface area contributed by atoms with E-state index in [0.29, 0.717) is 42.0 Å². The molecular formula is C29H24F3N3O3S. The topological polar surface area (TPSA) is 66.6 Å². The Morgan fingerprint density at radius 2 is 1.69 bits per heavy atom. The molecule has 0 aliphatic carbocycles. The Balaban J connectivity index is 1.29. The predicted molar refractivity (Wildman–Crippen MR) is 147 cm³/mol. The molecule has 0 bridgehead atoms. The van der Waals surface area contributed by atoms with Crippen molar-refractivity contribution in [3.05, 3.63) is 123 Å². The molecule has 2 heterocycles. The van der Waals surface area contributed by atoms with Crippen LogP contribution in [0.3, 0.4) is 0 Å². The molecular weight excluding hydrogens is 527 g/mol. The van der Waals surface area contributed by atoms with Crippen LogP contribution in [0.2, 0.25) is 0 Å². The minimum atomic E-state index is -4.63. The average Bonchev–Trinajstić information content (AvgIpc) is 3.42. The second-order valence-electron chi connectivity index (χ2n) is 9.08. The quantitative estimate of drug-likeness (QED) is 0.268. The van der Waals surface area contributed by atoms with E-state index >= 15 is 0 Å². The van der Waals surface area contributed by atoms with Gasteiger partial charge < -0.3 is 24.7 Å². The number of hydrogen-bond acceptors (Lipinski definition) is 4. The monoisotopic (exact) mass is 551 g/mol. The van der Waals surface area contributed by atoms with Gasteiger partial charge in [0.05, 0.1) is 12.1 Å². The Kier molecular flexibility index (Phi) is 7.56. The number of anilines is 1. The number of halogens is 3. The zero-order valence-electron chi connectivity index (χ0n) is 20.6. The van der Waals surface area contributed by atoms with Gasteiger partial charge in [-0.15, -0.1) is 0 Å². The highest BCUT2D eigenvalue weighted by Crippen LogP contribution is 2.33. The lowest BCUT2D eigenvalue weighted by molar-refractivity contribution is -0.136. The summed E-state index contributed by atoms with van der Waals surface area (Å²) in [6.45, 7) is 1.19. The minimum absolute atomic E-state index is 0.0338. The van der Waals surface area contributed by atoms with Gasteiger partial charge in [-0.25, -0.2) is 0 Å². The number of aromatic nitrogens is 1. The van der Waals surface area contributed by atoms with Gasteiger partial charge in [0.1, 0.15) is 6.26 Å². The average molecular weight is 552 g/mol. The second kappa shape index (κ2) is 11.2. The lowest BCUT2D eigenvalue weighted by Gasteiger charge is -2.26. The molecule has 1 aliphatic heterocycles. The Labute approximate surface area is 227 Å². The van der Waals surface area contributed by atoms with Crippen molar-refractivity contribution in [3.63, 3.8) is 0 Å². The van der Waals surface area contributed by atoms with Crippen LogP contribution in [0, 0.1) is 0 Å². The fourth-order valence-corrected chi connectivity index (χ4v) is 4.58. The Hall–Kier alpha value is -4.31. The summed E-state index contributed by atoms with van der Waals surface area (Å²) in [6, 6.07) is 22.7. The van der Waals surface area contributed by atoms with Crippen LogP contribution in [-0.4, -0.2) is 28.3 Å². The van der Waals surface area contributed by atoms with E-state index in [1.807, 2.05) is 59.5 Å². The SMILES string of the molecule is O=c1cc(C(F)(F)F)c2cc(Cc3ccc(NC(=S)N(CC4=COCO4)Cc4ccccc4)cc3)ccc2[nH]1. The van der Waals surface area contributed by atoms with Gasteiger partial charge in [-0.3, -0.25) is 4.79 Å². The van der Waals surface area contributed by atoms with E-state index in [0.717, 1.165) is 16.8 Å². The van der Waals surface area contributed by atoms with Gasteiger partial charge in [0.25, 0.3) is 0 Å². The van der Waals surface area contributed by atoms with E-state index in [-0.39, 0.29) is 17.7 Å². The number of hydrogen-bond donors (Lipinski definition) is 2. The molecule has 39 heavy (non-hydrogen) atoms. The van der Waals surface area contributed by atoms with Gasteiger partial charge in [-0.2, -0.15) is 13.2 Å². The molecule has 0 atom stereocenters. The van der Waals surface area contributed by atoms with Crippen LogP contribution in [0.25, 0.3) is 10.9 Å². The lowest BCUT2D eigenvalue weighted by Crippen LogP contribution is -2.35. The van der Waals surface area contributed by atoms with Gasteiger partial charge in [0.2, 0.25) is 12.4 Å². The molecule has 0 spiro atoms. The highest BCUT2D eigenvalue weighted by Gasteiger charge is 2.33. The number of ether oxygens (including phenoxy) is 2. The zero-order valence-corrected chi connectivity index (χ0v) is 21.4. The summed E-state index contributed by atoms with van der Waals surface area (Å²) < 4.78 is 51.2. The van der Waals surface area contributed by atoms with Crippen molar-refractivity contribution in [1.29, 1.82) is 0 Å². The lowest BCUT2D eigenvalue weighted by atomic mass is 10.0. The largest absolute Gasteiger partial charge is 0.462 e. The maximum Gasteiger partial charge on any atom is 0.417 e. The number of H-pyrrole nitrogens is 1. The van der Waals surface area contributed by atoms with Crippen LogP contribution < -0.4 is 10.9 Å². The maximum atomic E-state index is 13.5.